The quantitative estimate of drug-likeness (QED) is 0.823. The van der Waals surface area contributed by atoms with E-state index in [-0.39, 0.29) is 17.0 Å². The molecule has 0 atom stereocenters. The number of benzene rings is 1. The number of phenols is 1. The van der Waals surface area contributed by atoms with E-state index in [1.807, 2.05) is 11.4 Å². The average Bonchev–Trinajstić information content (AvgIpc) is 2.91. The van der Waals surface area contributed by atoms with Gasteiger partial charge in [-0.1, -0.05) is 0 Å². The van der Waals surface area contributed by atoms with Crippen LogP contribution in [-0.4, -0.2) is 30.4 Å². The molecule has 0 aliphatic carbocycles. The molecule has 0 fully saturated rings. The highest BCUT2D eigenvalue weighted by Gasteiger charge is 2.38. The minimum atomic E-state index is -3.97. The molecule has 2 heterocycles. The van der Waals surface area contributed by atoms with Crippen LogP contribution >= 0.6 is 11.3 Å². The minimum absolute atomic E-state index is 0.180. The van der Waals surface area contributed by atoms with Crippen molar-refractivity contribution in [3.8, 4) is 16.2 Å². The van der Waals surface area contributed by atoms with E-state index < -0.39 is 10.1 Å². The lowest BCUT2D eigenvalue weighted by Gasteiger charge is -2.45. The normalized spacial score (nSPS) is 16.0. The molecule has 0 saturated heterocycles. The summed E-state index contributed by atoms with van der Waals surface area (Å²) in [6.45, 7) is 4.64. The Morgan fingerprint density at radius 3 is 2.70 bits per heavy atom. The molecule has 0 bridgehead atoms. The van der Waals surface area contributed by atoms with Crippen molar-refractivity contribution in [2.24, 2.45) is 0 Å². The molecule has 23 heavy (non-hydrogen) atoms. The summed E-state index contributed by atoms with van der Waals surface area (Å²) < 4.78 is 30.9. The van der Waals surface area contributed by atoms with Crippen LogP contribution in [0.15, 0.2) is 29.6 Å². The fraction of sp³-hybridized carbons (Fsp3) is 0.375. The first-order valence-electron chi connectivity index (χ1n) is 7.34. The number of fused-ring (bicyclic) bond motifs is 3. The van der Waals surface area contributed by atoms with Gasteiger partial charge in [-0.3, -0.25) is 4.55 Å². The number of phenolic OH excluding ortho intramolecular Hbond substituents is 1. The molecule has 7 heteroatoms. The summed E-state index contributed by atoms with van der Waals surface area (Å²) in [6.07, 6.45) is 0.316. The van der Waals surface area contributed by atoms with Crippen molar-refractivity contribution in [1.82, 2.24) is 0 Å². The maximum Gasteiger partial charge on any atom is 0.264 e. The van der Waals surface area contributed by atoms with E-state index in [1.165, 1.54) is 10.4 Å². The molecular formula is C16H19NO4S2. The maximum atomic E-state index is 11.0. The Morgan fingerprint density at radius 1 is 1.26 bits per heavy atom. The molecule has 2 aromatic rings. The van der Waals surface area contributed by atoms with Crippen molar-refractivity contribution in [2.75, 3.05) is 17.2 Å². The summed E-state index contributed by atoms with van der Waals surface area (Å²) in [4.78, 5) is 3.28. The Hall–Kier alpha value is -1.57. The first kappa shape index (κ1) is 16.3. The topological polar surface area (TPSA) is 77.8 Å². The lowest BCUT2D eigenvalue weighted by molar-refractivity contribution is 0.458. The second-order valence-corrected chi connectivity index (χ2v) is 8.70. The Labute approximate surface area is 139 Å². The molecule has 0 spiro atoms. The van der Waals surface area contributed by atoms with E-state index in [0.717, 1.165) is 11.3 Å². The Bertz CT molecular complexity index is 840. The summed E-state index contributed by atoms with van der Waals surface area (Å²) in [6, 6.07) is 7.36. The zero-order valence-electron chi connectivity index (χ0n) is 13.0. The smallest absolute Gasteiger partial charge is 0.264 e. The van der Waals surface area contributed by atoms with Gasteiger partial charge in [-0.05, 0) is 49.4 Å². The summed E-state index contributed by atoms with van der Waals surface area (Å²) in [5.41, 5.74) is 2.79. The van der Waals surface area contributed by atoms with Gasteiger partial charge in [0, 0.05) is 28.7 Å². The van der Waals surface area contributed by atoms with Crippen molar-refractivity contribution in [3.05, 3.63) is 35.2 Å². The predicted octanol–water partition coefficient (Wildman–Crippen LogP) is 3.45. The SMILES string of the molecule is CC1(C)c2ccsc2-c2ccc(O)cc2N1CCCS(=O)(=O)O. The molecule has 1 aliphatic heterocycles. The molecule has 124 valence electrons. The second-order valence-electron chi connectivity index (χ2n) is 6.22. The lowest BCUT2D eigenvalue weighted by Crippen LogP contribution is -2.45. The Kier molecular flexibility index (Phi) is 3.90. The average molecular weight is 353 g/mol. The number of rotatable bonds is 4. The number of nitrogens with zero attached hydrogens (tertiary/aromatic N) is 1. The third-order valence-corrected chi connectivity index (χ3v) is 6.05. The van der Waals surface area contributed by atoms with E-state index in [1.54, 1.807) is 23.5 Å². The van der Waals surface area contributed by atoms with Crippen molar-refractivity contribution in [1.29, 1.82) is 0 Å². The zero-order chi connectivity index (χ0) is 16.8. The van der Waals surface area contributed by atoms with Gasteiger partial charge in [-0.25, -0.2) is 0 Å². The van der Waals surface area contributed by atoms with E-state index in [2.05, 4.69) is 24.8 Å². The lowest BCUT2D eigenvalue weighted by atomic mass is 9.85. The largest absolute Gasteiger partial charge is 0.508 e. The number of aromatic hydroxyl groups is 1. The van der Waals surface area contributed by atoms with Gasteiger partial charge in [0.05, 0.1) is 11.3 Å². The van der Waals surface area contributed by atoms with Crippen molar-refractivity contribution in [2.45, 2.75) is 25.8 Å². The summed E-state index contributed by atoms with van der Waals surface area (Å²) in [5, 5.41) is 11.9. The van der Waals surface area contributed by atoms with Gasteiger partial charge < -0.3 is 10.0 Å². The predicted molar refractivity (Wildman–Crippen MR) is 92.8 cm³/mol. The van der Waals surface area contributed by atoms with Gasteiger partial charge in [-0.2, -0.15) is 8.42 Å². The highest BCUT2D eigenvalue weighted by Crippen LogP contribution is 2.50. The standard InChI is InChI=1S/C16H19NO4S2/c1-16(2)13-6-8-22-15(13)12-5-4-11(18)10-14(12)17(16)7-3-9-23(19,20)21/h4-6,8,10,18H,3,7,9H2,1-2H3,(H,19,20,21). The van der Waals surface area contributed by atoms with E-state index in [9.17, 15) is 13.5 Å². The molecule has 0 amide bonds. The third kappa shape index (κ3) is 2.96. The molecule has 1 aromatic heterocycles. The number of hydrogen-bond donors (Lipinski definition) is 2. The van der Waals surface area contributed by atoms with Crippen molar-refractivity contribution in [3.63, 3.8) is 0 Å². The van der Waals surface area contributed by atoms with Gasteiger partial charge in [0.2, 0.25) is 0 Å². The minimum Gasteiger partial charge on any atom is -0.508 e. The van der Waals surface area contributed by atoms with Gasteiger partial charge in [0.1, 0.15) is 5.75 Å². The molecule has 5 nitrogen and oxygen atoms in total. The summed E-state index contributed by atoms with van der Waals surface area (Å²) in [5.74, 6) is -0.0936. The third-order valence-electron chi connectivity index (χ3n) is 4.30. The van der Waals surface area contributed by atoms with E-state index in [0.29, 0.717) is 13.0 Å². The second kappa shape index (κ2) is 5.51. The van der Waals surface area contributed by atoms with Crippen LogP contribution in [0.5, 0.6) is 5.75 Å². The molecule has 0 radical (unpaired) electrons. The van der Waals surface area contributed by atoms with Gasteiger partial charge in [0.25, 0.3) is 10.1 Å². The van der Waals surface area contributed by atoms with E-state index >= 15 is 0 Å². The fourth-order valence-electron chi connectivity index (χ4n) is 3.19. The van der Waals surface area contributed by atoms with Crippen LogP contribution in [-0.2, 0) is 15.7 Å². The molecule has 0 saturated carbocycles. The molecular weight excluding hydrogens is 334 g/mol. The van der Waals surface area contributed by atoms with Crippen LogP contribution in [0.2, 0.25) is 0 Å². The number of anilines is 1. The molecule has 3 rings (SSSR count). The van der Waals surface area contributed by atoms with Crippen LogP contribution in [0.4, 0.5) is 5.69 Å². The van der Waals surface area contributed by atoms with Gasteiger partial charge in [0.15, 0.2) is 0 Å². The van der Waals surface area contributed by atoms with Crippen LogP contribution in [0.25, 0.3) is 10.4 Å². The van der Waals surface area contributed by atoms with Gasteiger partial charge >= 0.3 is 0 Å². The number of hydrogen-bond acceptors (Lipinski definition) is 5. The molecule has 2 N–H and O–H groups in total. The maximum absolute atomic E-state index is 11.0. The van der Waals surface area contributed by atoms with Crippen molar-refractivity contribution >= 4 is 27.1 Å². The highest BCUT2D eigenvalue weighted by molar-refractivity contribution is 7.85. The van der Waals surface area contributed by atoms with Crippen LogP contribution in [0.3, 0.4) is 0 Å². The molecule has 1 aromatic carbocycles. The molecule has 1 aliphatic rings. The first-order valence-corrected chi connectivity index (χ1v) is 9.83. The summed E-state index contributed by atoms with van der Waals surface area (Å²) in [7, 11) is -3.97. The Balaban J connectivity index is 2.03. The van der Waals surface area contributed by atoms with E-state index in [4.69, 9.17) is 4.55 Å². The van der Waals surface area contributed by atoms with Crippen LogP contribution < -0.4 is 4.90 Å². The van der Waals surface area contributed by atoms with Crippen molar-refractivity contribution < 1.29 is 18.1 Å². The van der Waals surface area contributed by atoms with Crippen LogP contribution in [0.1, 0.15) is 25.8 Å². The first-order chi connectivity index (χ1) is 10.7. The Morgan fingerprint density at radius 2 is 2.00 bits per heavy atom. The monoisotopic (exact) mass is 353 g/mol. The summed E-state index contributed by atoms with van der Waals surface area (Å²) >= 11 is 1.66. The van der Waals surface area contributed by atoms with Gasteiger partial charge in [-0.15, -0.1) is 11.3 Å². The van der Waals surface area contributed by atoms with Crippen LogP contribution in [0, 0.1) is 0 Å². The highest BCUT2D eigenvalue weighted by atomic mass is 32.2. The fourth-order valence-corrected chi connectivity index (χ4v) is 4.76. The number of thiophene rings is 1. The molecule has 0 unspecified atom stereocenters. The zero-order valence-corrected chi connectivity index (χ0v) is 14.6.